The van der Waals surface area contributed by atoms with Gasteiger partial charge in [0.1, 0.15) is 6.54 Å². The van der Waals surface area contributed by atoms with Crippen molar-refractivity contribution in [1.82, 2.24) is 0 Å². The average molecular weight is 320 g/mol. The first-order valence-electron chi connectivity index (χ1n) is 8.48. The van der Waals surface area contributed by atoms with Crippen molar-refractivity contribution in [2.75, 3.05) is 11.4 Å². The molecule has 0 spiro atoms. The third kappa shape index (κ3) is 4.17. The van der Waals surface area contributed by atoms with Gasteiger partial charge in [-0.05, 0) is 46.2 Å². The molecule has 0 saturated carbocycles. The predicted octanol–water partition coefficient (Wildman–Crippen LogP) is 5.94. The van der Waals surface area contributed by atoms with E-state index in [1.54, 1.807) is 0 Å². The standard InChI is InChI=1S/C22H28N2/c1-21(2,3)17-7-11-19(12-8-17)24(16-15-23)20-13-9-18(10-14-20)22(4,5)6/h7-14H,16H2,1-6H3. The van der Waals surface area contributed by atoms with Crippen LogP contribution < -0.4 is 4.90 Å². The van der Waals surface area contributed by atoms with Crippen molar-refractivity contribution in [3.63, 3.8) is 0 Å². The van der Waals surface area contributed by atoms with Crippen LogP contribution in [0.15, 0.2) is 48.5 Å². The van der Waals surface area contributed by atoms with Gasteiger partial charge in [-0.1, -0.05) is 65.8 Å². The van der Waals surface area contributed by atoms with Gasteiger partial charge in [0.25, 0.3) is 0 Å². The van der Waals surface area contributed by atoms with Crippen molar-refractivity contribution in [1.29, 1.82) is 5.26 Å². The minimum absolute atomic E-state index is 0.132. The molecule has 2 nitrogen and oxygen atoms in total. The van der Waals surface area contributed by atoms with Gasteiger partial charge < -0.3 is 4.90 Å². The molecule has 0 heterocycles. The molecule has 2 heteroatoms. The minimum Gasteiger partial charge on any atom is -0.328 e. The molecule has 0 unspecified atom stereocenters. The number of benzene rings is 2. The summed E-state index contributed by atoms with van der Waals surface area (Å²) >= 11 is 0. The smallest absolute Gasteiger partial charge is 0.110 e. The number of rotatable bonds is 3. The molecule has 0 radical (unpaired) electrons. The molecule has 126 valence electrons. The highest BCUT2D eigenvalue weighted by molar-refractivity contribution is 5.64. The lowest BCUT2D eigenvalue weighted by molar-refractivity contribution is 0.590. The van der Waals surface area contributed by atoms with Crippen LogP contribution in [-0.2, 0) is 10.8 Å². The van der Waals surface area contributed by atoms with Crippen LogP contribution in [0.3, 0.4) is 0 Å². The zero-order valence-corrected chi connectivity index (χ0v) is 15.7. The highest BCUT2D eigenvalue weighted by atomic mass is 15.1. The summed E-state index contributed by atoms with van der Waals surface area (Å²) < 4.78 is 0. The van der Waals surface area contributed by atoms with Crippen LogP contribution in [0.25, 0.3) is 0 Å². The minimum atomic E-state index is 0.132. The third-order valence-electron chi connectivity index (χ3n) is 4.32. The molecule has 2 aromatic carbocycles. The first kappa shape index (κ1) is 18.1. The Kier molecular flexibility index (Phi) is 5.04. The second-order valence-electron chi connectivity index (χ2n) is 8.34. The molecule has 0 aliphatic carbocycles. The molecule has 24 heavy (non-hydrogen) atoms. The van der Waals surface area contributed by atoms with Crippen molar-refractivity contribution < 1.29 is 0 Å². The number of hydrogen-bond donors (Lipinski definition) is 0. The molecule has 0 N–H and O–H groups in total. The number of nitriles is 1. The summed E-state index contributed by atoms with van der Waals surface area (Å²) in [5.41, 5.74) is 4.96. The maximum absolute atomic E-state index is 9.24. The highest BCUT2D eigenvalue weighted by Crippen LogP contribution is 2.30. The second kappa shape index (κ2) is 6.69. The van der Waals surface area contributed by atoms with Gasteiger partial charge in [0, 0.05) is 11.4 Å². The summed E-state index contributed by atoms with van der Waals surface area (Å²) in [5, 5.41) is 9.24. The topological polar surface area (TPSA) is 27.0 Å². The number of nitrogens with zero attached hydrogens (tertiary/aromatic N) is 2. The molecular formula is C22H28N2. The zero-order chi connectivity index (χ0) is 18.0. The monoisotopic (exact) mass is 320 g/mol. The van der Waals surface area contributed by atoms with Crippen LogP contribution in [-0.4, -0.2) is 6.54 Å². The summed E-state index contributed by atoms with van der Waals surface area (Å²) in [5.74, 6) is 0. The zero-order valence-electron chi connectivity index (χ0n) is 15.7. The number of anilines is 2. The Bertz CT molecular complexity index is 648. The van der Waals surface area contributed by atoms with Crippen LogP contribution in [0, 0.1) is 11.3 Å². The maximum atomic E-state index is 9.24. The Balaban J connectivity index is 2.34. The van der Waals surface area contributed by atoms with Gasteiger partial charge >= 0.3 is 0 Å². The Hall–Kier alpha value is -2.27. The molecule has 0 saturated heterocycles. The molecule has 0 amide bonds. The van der Waals surface area contributed by atoms with E-state index in [1.807, 2.05) is 0 Å². The predicted molar refractivity (Wildman–Crippen MR) is 103 cm³/mol. The van der Waals surface area contributed by atoms with E-state index in [9.17, 15) is 5.26 Å². The lowest BCUT2D eigenvalue weighted by atomic mass is 9.87. The SMILES string of the molecule is CC(C)(C)c1ccc(N(CC#N)c2ccc(C(C)(C)C)cc2)cc1. The first-order chi connectivity index (χ1) is 11.1. The summed E-state index contributed by atoms with van der Waals surface area (Å²) in [7, 11) is 0. The lowest BCUT2D eigenvalue weighted by Gasteiger charge is -2.25. The summed E-state index contributed by atoms with van der Waals surface area (Å²) in [6.07, 6.45) is 0. The fourth-order valence-electron chi connectivity index (χ4n) is 2.69. The van der Waals surface area contributed by atoms with E-state index in [2.05, 4.69) is 101 Å². The van der Waals surface area contributed by atoms with E-state index in [1.165, 1.54) is 11.1 Å². The van der Waals surface area contributed by atoms with Gasteiger partial charge in [-0.2, -0.15) is 5.26 Å². The fourth-order valence-corrected chi connectivity index (χ4v) is 2.69. The van der Waals surface area contributed by atoms with E-state index < -0.39 is 0 Å². The Morgan fingerprint density at radius 2 is 1.04 bits per heavy atom. The molecule has 2 aromatic rings. The molecule has 0 fully saturated rings. The number of hydrogen-bond acceptors (Lipinski definition) is 2. The molecule has 0 aromatic heterocycles. The Morgan fingerprint density at radius 1 is 0.708 bits per heavy atom. The fraction of sp³-hybridized carbons (Fsp3) is 0.409. The normalized spacial score (nSPS) is 11.9. The van der Waals surface area contributed by atoms with Gasteiger partial charge in [0.05, 0.1) is 6.07 Å². The average Bonchev–Trinajstić information content (AvgIpc) is 2.51. The van der Waals surface area contributed by atoms with Gasteiger partial charge in [-0.25, -0.2) is 0 Å². The molecule has 0 atom stereocenters. The Labute approximate surface area is 146 Å². The van der Waals surface area contributed by atoms with Gasteiger partial charge in [0.15, 0.2) is 0 Å². The van der Waals surface area contributed by atoms with Crippen LogP contribution >= 0.6 is 0 Å². The van der Waals surface area contributed by atoms with Crippen molar-refractivity contribution in [3.8, 4) is 6.07 Å². The lowest BCUT2D eigenvalue weighted by Crippen LogP contribution is -2.18. The summed E-state index contributed by atoms with van der Waals surface area (Å²) in [6, 6.07) is 19.3. The van der Waals surface area contributed by atoms with Crippen LogP contribution in [0.2, 0.25) is 0 Å². The Morgan fingerprint density at radius 3 is 1.29 bits per heavy atom. The molecule has 0 bridgehead atoms. The highest BCUT2D eigenvalue weighted by Gasteiger charge is 2.16. The van der Waals surface area contributed by atoms with Crippen molar-refractivity contribution in [2.45, 2.75) is 52.4 Å². The van der Waals surface area contributed by atoms with Gasteiger partial charge in [-0.3, -0.25) is 0 Å². The van der Waals surface area contributed by atoms with E-state index in [0.29, 0.717) is 6.54 Å². The van der Waals surface area contributed by atoms with Crippen molar-refractivity contribution >= 4 is 11.4 Å². The third-order valence-corrected chi connectivity index (χ3v) is 4.32. The second-order valence-corrected chi connectivity index (χ2v) is 8.34. The van der Waals surface area contributed by atoms with E-state index in [0.717, 1.165) is 11.4 Å². The van der Waals surface area contributed by atoms with Crippen LogP contribution in [0.5, 0.6) is 0 Å². The van der Waals surface area contributed by atoms with Crippen LogP contribution in [0.1, 0.15) is 52.7 Å². The van der Waals surface area contributed by atoms with Crippen LogP contribution in [0.4, 0.5) is 11.4 Å². The largest absolute Gasteiger partial charge is 0.328 e. The van der Waals surface area contributed by atoms with Gasteiger partial charge in [-0.15, -0.1) is 0 Å². The van der Waals surface area contributed by atoms with Crippen molar-refractivity contribution in [3.05, 3.63) is 59.7 Å². The van der Waals surface area contributed by atoms with Gasteiger partial charge in [0.2, 0.25) is 0 Å². The van der Waals surface area contributed by atoms with E-state index in [4.69, 9.17) is 0 Å². The van der Waals surface area contributed by atoms with E-state index in [-0.39, 0.29) is 10.8 Å². The van der Waals surface area contributed by atoms with Crippen molar-refractivity contribution in [2.24, 2.45) is 0 Å². The summed E-state index contributed by atoms with van der Waals surface area (Å²) in [6.45, 7) is 13.6. The molecule has 2 rings (SSSR count). The maximum Gasteiger partial charge on any atom is 0.110 e. The molecule has 0 aliphatic heterocycles. The quantitative estimate of drug-likeness (QED) is 0.654. The first-order valence-corrected chi connectivity index (χ1v) is 8.48. The molecular weight excluding hydrogens is 292 g/mol. The van der Waals surface area contributed by atoms with E-state index >= 15 is 0 Å². The summed E-state index contributed by atoms with van der Waals surface area (Å²) in [4.78, 5) is 2.05. The molecule has 0 aliphatic rings.